The van der Waals surface area contributed by atoms with Gasteiger partial charge in [0, 0.05) is 11.4 Å². The number of alkyl halides is 1. The van der Waals surface area contributed by atoms with Crippen molar-refractivity contribution in [2.45, 2.75) is 25.8 Å². The molecule has 0 spiro atoms. The minimum Gasteiger partial charge on any atom is -0.349 e. The van der Waals surface area contributed by atoms with E-state index in [1.807, 2.05) is 6.92 Å². The average molecular weight is 288 g/mol. The van der Waals surface area contributed by atoms with Gasteiger partial charge < -0.3 is 5.32 Å². The molecule has 0 aliphatic rings. The van der Waals surface area contributed by atoms with Gasteiger partial charge >= 0.3 is 0 Å². The van der Waals surface area contributed by atoms with E-state index in [1.54, 1.807) is 12.1 Å². The summed E-state index contributed by atoms with van der Waals surface area (Å²) in [6.45, 7) is 1.92. The Balaban J connectivity index is 2.56. The van der Waals surface area contributed by atoms with Gasteiger partial charge in [0.05, 0.1) is 5.56 Å². The van der Waals surface area contributed by atoms with Crippen molar-refractivity contribution in [2.24, 2.45) is 0 Å². The summed E-state index contributed by atoms with van der Waals surface area (Å²) < 4.78 is 13.3. The van der Waals surface area contributed by atoms with Crippen LogP contribution in [0.3, 0.4) is 0 Å². The molecule has 0 aliphatic heterocycles. The fraction of sp³-hybridized carbons (Fsp3) is 0.417. The molecule has 1 rings (SSSR count). The summed E-state index contributed by atoms with van der Waals surface area (Å²) in [5.41, 5.74) is 0.105. The molecule has 1 atom stereocenters. The number of amides is 1. The maximum absolute atomic E-state index is 13.3. The molecular weight excluding hydrogens is 273 g/mol. The number of rotatable bonds is 5. The van der Waals surface area contributed by atoms with Gasteiger partial charge in [0.15, 0.2) is 0 Å². The standard InChI is InChI=1S/C12H15BrFNO/c1-9(5-4-8-13)15-12(16)10-6-2-3-7-11(10)14/h2-3,6-7,9H,4-5,8H2,1H3,(H,15,16). The van der Waals surface area contributed by atoms with Gasteiger partial charge in [0.2, 0.25) is 0 Å². The molecule has 1 N–H and O–H groups in total. The first kappa shape index (κ1) is 13.2. The van der Waals surface area contributed by atoms with E-state index in [4.69, 9.17) is 0 Å². The van der Waals surface area contributed by atoms with Gasteiger partial charge in [-0.3, -0.25) is 4.79 Å². The van der Waals surface area contributed by atoms with Crippen molar-refractivity contribution in [3.63, 3.8) is 0 Å². The van der Waals surface area contributed by atoms with Gasteiger partial charge in [-0.05, 0) is 31.9 Å². The SMILES string of the molecule is CC(CCCBr)NC(=O)c1ccccc1F. The van der Waals surface area contributed by atoms with Gasteiger partial charge in [0.1, 0.15) is 5.82 Å². The molecule has 0 fully saturated rings. The number of carbonyl (C=O) groups is 1. The topological polar surface area (TPSA) is 29.1 Å². The molecule has 1 amide bonds. The van der Waals surface area contributed by atoms with Gasteiger partial charge in [-0.2, -0.15) is 0 Å². The Kier molecular flexibility index (Phi) is 5.46. The molecule has 0 saturated heterocycles. The predicted octanol–water partition coefficient (Wildman–Crippen LogP) is 3.12. The molecule has 2 nitrogen and oxygen atoms in total. The summed E-state index contributed by atoms with van der Waals surface area (Å²) in [6, 6.07) is 6.06. The number of hydrogen-bond donors (Lipinski definition) is 1. The van der Waals surface area contributed by atoms with Crippen LogP contribution in [0.1, 0.15) is 30.1 Å². The Hall–Kier alpha value is -0.900. The van der Waals surface area contributed by atoms with Crippen LogP contribution in [0.15, 0.2) is 24.3 Å². The lowest BCUT2D eigenvalue weighted by Crippen LogP contribution is -2.33. The minimum absolute atomic E-state index is 0.0599. The molecule has 0 heterocycles. The molecule has 16 heavy (non-hydrogen) atoms. The maximum Gasteiger partial charge on any atom is 0.254 e. The Bertz CT molecular complexity index is 357. The van der Waals surface area contributed by atoms with Crippen LogP contribution >= 0.6 is 15.9 Å². The van der Waals surface area contributed by atoms with E-state index >= 15 is 0 Å². The van der Waals surface area contributed by atoms with Crippen molar-refractivity contribution < 1.29 is 9.18 Å². The van der Waals surface area contributed by atoms with Crippen molar-refractivity contribution in [3.05, 3.63) is 35.6 Å². The van der Waals surface area contributed by atoms with E-state index in [9.17, 15) is 9.18 Å². The Morgan fingerprint density at radius 2 is 2.19 bits per heavy atom. The lowest BCUT2D eigenvalue weighted by molar-refractivity contribution is 0.0934. The van der Waals surface area contributed by atoms with Crippen LogP contribution in [0.4, 0.5) is 4.39 Å². The van der Waals surface area contributed by atoms with Crippen LogP contribution in [0, 0.1) is 5.82 Å². The highest BCUT2D eigenvalue weighted by atomic mass is 79.9. The quantitative estimate of drug-likeness (QED) is 0.829. The third kappa shape index (κ3) is 3.93. The van der Waals surface area contributed by atoms with E-state index in [1.165, 1.54) is 12.1 Å². The predicted molar refractivity (Wildman–Crippen MR) is 66.4 cm³/mol. The zero-order valence-electron chi connectivity index (χ0n) is 9.17. The average Bonchev–Trinajstić information content (AvgIpc) is 2.26. The van der Waals surface area contributed by atoms with Gasteiger partial charge in [-0.25, -0.2) is 4.39 Å². The molecule has 1 aromatic rings. The fourth-order valence-electron chi connectivity index (χ4n) is 1.40. The number of hydrogen-bond acceptors (Lipinski definition) is 1. The molecule has 0 aliphatic carbocycles. The zero-order valence-corrected chi connectivity index (χ0v) is 10.8. The molecule has 88 valence electrons. The van der Waals surface area contributed by atoms with Crippen LogP contribution in [0.2, 0.25) is 0 Å². The largest absolute Gasteiger partial charge is 0.349 e. The number of carbonyl (C=O) groups excluding carboxylic acids is 1. The van der Waals surface area contributed by atoms with Gasteiger partial charge in [-0.15, -0.1) is 0 Å². The van der Waals surface area contributed by atoms with E-state index in [2.05, 4.69) is 21.2 Å². The first-order valence-corrected chi connectivity index (χ1v) is 6.38. The lowest BCUT2D eigenvalue weighted by atomic mass is 10.1. The highest BCUT2D eigenvalue weighted by molar-refractivity contribution is 9.09. The van der Waals surface area contributed by atoms with E-state index in [-0.39, 0.29) is 17.5 Å². The zero-order chi connectivity index (χ0) is 12.0. The number of halogens is 2. The molecule has 1 aromatic carbocycles. The fourth-order valence-corrected chi connectivity index (χ4v) is 1.73. The Morgan fingerprint density at radius 1 is 1.50 bits per heavy atom. The number of nitrogens with one attached hydrogen (secondary N) is 1. The van der Waals surface area contributed by atoms with Crippen molar-refractivity contribution in [1.82, 2.24) is 5.32 Å². The highest BCUT2D eigenvalue weighted by Crippen LogP contribution is 2.07. The lowest BCUT2D eigenvalue weighted by Gasteiger charge is -2.13. The van der Waals surface area contributed by atoms with Crippen molar-refractivity contribution in [2.75, 3.05) is 5.33 Å². The number of benzene rings is 1. The second-order valence-electron chi connectivity index (χ2n) is 3.69. The highest BCUT2D eigenvalue weighted by Gasteiger charge is 2.12. The first-order valence-electron chi connectivity index (χ1n) is 5.26. The second kappa shape index (κ2) is 6.63. The molecule has 0 bridgehead atoms. The summed E-state index contributed by atoms with van der Waals surface area (Å²) in [6.07, 6.45) is 1.87. The van der Waals surface area contributed by atoms with Crippen LogP contribution in [0.5, 0.6) is 0 Å². The normalized spacial score (nSPS) is 12.2. The van der Waals surface area contributed by atoms with Crippen molar-refractivity contribution >= 4 is 21.8 Å². The van der Waals surface area contributed by atoms with Gasteiger partial charge in [0.25, 0.3) is 5.91 Å². The third-order valence-electron chi connectivity index (χ3n) is 2.27. The van der Waals surface area contributed by atoms with E-state index in [0.717, 1.165) is 18.2 Å². The summed E-state index contributed by atoms with van der Waals surface area (Å²) in [7, 11) is 0. The van der Waals surface area contributed by atoms with E-state index in [0.29, 0.717) is 0 Å². The molecule has 1 unspecified atom stereocenters. The Labute approximate surface area is 103 Å². The first-order chi connectivity index (χ1) is 7.65. The monoisotopic (exact) mass is 287 g/mol. The summed E-state index contributed by atoms with van der Waals surface area (Å²) in [4.78, 5) is 11.7. The van der Waals surface area contributed by atoms with Crippen LogP contribution < -0.4 is 5.32 Å². The molecule has 0 radical (unpaired) electrons. The molecular formula is C12H15BrFNO. The van der Waals surface area contributed by atoms with Crippen molar-refractivity contribution in [3.8, 4) is 0 Å². The molecule has 0 aromatic heterocycles. The molecule has 4 heteroatoms. The van der Waals surface area contributed by atoms with Crippen LogP contribution in [-0.2, 0) is 0 Å². The van der Waals surface area contributed by atoms with Crippen molar-refractivity contribution in [1.29, 1.82) is 0 Å². The Morgan fingerprint density at radius 3 is 2.81 bits per heavy atom. The van der Waals surface area contributed by atoms with E-state index < -0.39 is 5.82 Å². The third-order valence-corrected chi connectivity index (χ3v) is 2.83. The maximum atomic E-state index is 13.3. The second-order valence-corrected chi connectivity index (χ2v) is 4.48. The summed E-state index contributed by atoms with van der Waals surface area (Å²) >= 11 is 3.33. The van der Waals surface area contributed by atoms with Crippen LogP contribution in [-0.4, -0.2) is 17.3 Å². The molecule has 0 saturated carbocycles. The van der Waals surface area contributed by atoms with Gasteiger partial charge in [-0.1, -0.05) is 28.1 Å². The van der Waals surface area contributed by atoms with Crippen LogP contribution in [0.25, 0.3) is 0 Å². The smallest absolute Gasteiger partial charge is 0.254 e. The summed E-state index contributed by atoms with van der Waals surface area (Å²) in [5, 5.41) is 3.68. The minimum atomic E-state index is -0.479. The summed E-state index contributed by atoms with van der Waals surface area (Å²) in [5.74, 6) is -0.826.